The summed E-state index contributed by atoms with van der Waals surface area (Å²) in [5.41, 5.74) is 0.413. The van der Waals surface area contributed by atoms with E-state index in [9.17, 15) is 14.7 Å². The van der Waals surface area contributed by atoms with E-state index in [1.807, 2.05) is 0 Å². The average Bonchev–Trinajstić information content (AvgIpc) is 3.10. The second-order valence-corrected chi connectivity index (χ2v) is 12.0. The number of hydrogen-bond acceptors (Lipinski definition) is 4. The molecule has 0 saturated heterocycles. The first-order valence-electron chi connectivity index (χ1n) is 13.0. The molecule has 0 aromatic heterocycles. The summed E-state index contributed by atoms with van der Waals surface area (Å²) < 4.78 is 4.87. The molecule has 0 spiro atoms. The molecule has 0 amide bonds. The van der Waals surface area contributed by atoms with Gasteiger partial charge in [-0.2, -0.15) is 0 Å². The number of rotatable bonds is 5. The Morgan fingerprint density at radius 3 is 2.45 bits per heavy atom. The Kier molecular flexibility index (Phi) is 6.35. The van der Waals surface area contributed by atoms with Crippen LogP contribution < -0.4 is 0 Å². The molecule has 4 nitrogen and oxygen atoms in total. The zero-order chi connectivity index (χ0) is 22.6. The summed E-state index contributed by atoms with van der Waals surface area (Å²) in [6.45, 7) is 9.42. The van der Waals surface area contributed by atoms with Gasteiger partial charge in [0, 0.05) is 18.3 Å². The monoisotopic (exact) mass is 432 g/mol. The van der Waals surface area contributed by atoms with E-state index < -0.39 is 0 Å². The molecule has 0 heterocycles. The second-order valence-electron chi connectivity index (χ2n) is 12.0. The predicted octanol–water partition coefficient (Wildman–Crippen LogP) is 5.41. The van der Waals surface area contributed by atoms with Crippen molar-refractivity contribution in [2.75, 3.05) is 7.11 Å². The summed E-state index contributed by atoms with van der Waals surface area (Å²) in [5.74, 6) is 3.16. The number of ketones is 1. The Hall–Kier alpha value is -0.900. The van der Waals surface area contributed by atoms with Crippen molar-refractivity contribution in [1.29, 1.82) is 0 Å². The lowest BCUT2D eigenvalue weighted by Crippen LogP contribution is -2.60. The molecule has 0 aromatic rings. The first-order valence-corrected chi connectivity index (χ1v) is 13.0. The van der Waals surface area contributed by atoms with Crippen molar-refractivity contribution in [1.82, 2.24) is 0 Å². The van der Waals surface area contributed by atoms with Crippen molar-refractivity contribution >= 4 is 11.8 Å². The zero-order valence-electron chi connectivity index (χ0n) is 20.4. The van der Waals surface area contributed by atoms with E-state index in [0.29, 0.717) is 41.8 Å². The maximum Gasteiger partial charge on any atom is 0.305 e. The van der Waals surface area contributed by atoms with Crippen LogP contribution in [0.15, 0.2) is 0 Å². The molecular weight excluding hydrogens is 388 g/mol. The number of Topliss-reactive ketones (excluding diaryl/α,β-unsaturated/α-hetero) is 1. The molecule has 4 rings (SSSR count). The largest absolute Gasteiger partial charge is 0.469 e. The third-order valence-corrected chi connectivity index (χ3v) is 10.9. The summed E-state index contributed by atoms with van der Waals surface area (Å²) in [5, 5.41) is 10.4. The van der Waals surface area contributed by atoms with Gasteiger partial charge in [-0.05, 0) is 98.2 Å². The number of methoxy groups -OCH3 is 1. The van der Waals surface area contributed by atoms with E-state index in [-0.39, 0.29) is 34.7 Å². The minimum Gasteiger partial charge on any atom is -0.469 e. The lowest BCUT2D eigenvalue weighted by atomic mass is 9.42. The number of ether oxygens (including phenoxy) is 1. The standard InChI is InChI=1S/C27H44O4/c1-6-18-22-15-17(28)11-13-27(22,4)21-12-14-26(3)19(16(2)7-10-23(29)31-5)8-9-20(26)24(21)25(18)30/h16-22,24,28H,6-15H2,1-5H3/t16-,17-,18-,19?,20?,21+,22?,24?,26?,27?/m1/s1. The van der Waals surface area contributed by atoms with Gasteiger partial charge in [0.1, 0.15) is 5.78 Å². The van der Waals surface area contributed by atoms with Gasteiger partial charge in [0.05, 0.1) is 13.2 Å². The SMILES string of the molecule is CC[C@H]1C(=O)C2C3CCC([C@H](C)CCC(=O)OC)C3(C)CC[C@@H]2C2(C)CC[C@@H](O)CC12. The van der Waals surface area contributed by atoms with Crippen LogP contribution in [0.3, 0.4) is 0 Å². The average molecular weight is 433 g/mol. The van der Waals surface area contributed by atoms with Crippen LogP contribution in [0, 0.1) is 52.3 Å². The van der Waals surface area contributed by atoms with Crippen molar-refractivity contribution in [2.24, 2.45) is 52.3 Å². The Morgan fingerprint density at radius 1 is 1.10 bits per heavy atom. The summed E-state index contributed by atoms with van der Waals surface area (Å²) in [7, 11) is 1.47. The highest BCUT2D eigenvalue weighted by Crippen LogP contribution is 2.68. The Morgan fingerprint density at radius 2 is 1.77 bits per heavy atom. The first-order chi connectivity index (χ1) is 14.7. The fraction of sp³-hybridized carbons (Fsp3) is 0.926. The number of carbonyl (C=O) groups is 2. The number of carbonyl (C=O) groups excluding carboxylic acids is 2. The molecule has 0 radical (unpaired) electrons. The topological polar surface area (TPSA) is 63.6 Å². The molecule has 0 aromatic carbocycles. The van der Waals surface area contributed by atoms with E-state index in [1.165, 1.54) is 20.0 Å². The minimum atomic E-state index is -0.225. The number of aliphatic hydroxyl groups is 1. The van der Waals surface area contributed by atoms with Crippen molar-refractivity contribution < 1.29 is 19.4 Å². The fourth-order valence-electron chi connectivity index (χ4n) is 9.26. The third kappa shape index (κ3) is 3.60. The van der Waals surface area contributed by atoms with Crippen molar-refractivity contribution in [2.45, 2.75) is 98.0 Å². The third-order valence-electron chi connectivity index (χ3n) is 10.9. The first kappa shape index (κ1) is 23.3. The van der Waals surface area contributed by atoms with Crippen LogP contribution in [0.1, 0.15) is 91.9 Å². The molecule has 4 aliphatic carbocycles. The van der Waals surface area contributed by atoms with Gasteiger partial charge in [0.2, 0.25) is 0 Å². The highest BCUT2D eigenvalue weighted by Gasteiger charge is 2.65. The van der Waals surface area contributed by atoms with Crippen LogP contribution >= 0.6 is 0 Å². The Balaban J connectivity index is 1.59. The highest BCUT2D eigenvalue weighted by molar-refractivity contribution is 5.86. The fourth-order valence-corrected chi connectivity index (χ4v) is 9.26. The van der Waals surface area contributed by atoms with Gasteiger partial charge < -0.3 is 9.84 Å². The molecule has 4 aliphatic rings. The number of esters is 1. The van der Waals surface area contributed by atoms with Crippen LogP contribution in [0.2, 0.25) is 0 Å². The van der Waals surface area contributed by atoms with Crippen LogP contribution in [0.5, 0.6) is 0 Å². The van der Waals surface area contributed by atoms with Gasteiger partial charge in [-0.25, -0.2) is 0 Å². The summed E-state index contributed by atoms with van der Waals surface area (Å²) in [6.07, 6.45) is 9.59. The van der Waals surface area contributed by atoms with Gasteiger partial charge in [-0.1, -0.05) is 27.7 Å². The molecule has 4 fully saturated rings. The zero-order valence-corrected chi connectivity index (χ0v) is 20.4. The van der Waals surface area contributed by atoms with E-state index in [1.54, 1.807) is 0 Å². The molecule has 4 heteroatoms. The lowest BCUT2D eigenvalue weighted by molar-refractivity contribution is -0.173. The quantitative estimate of drug-likeness (QED) is 0.590. The molecule has 176 valence electrons. The molecule has 10 atom stereocenters. The molecule has 1 N–H and O–H groups in total. The van der Waals surface area contributed by atoms with Crippen molar-refractivity contribution in [3.8, 4) is 0 Å². The van der Waals surface area contributed by atoms with Gasteiger partial charge in [-0.3, -0.25) is 9.59 Å². The lowest BCUT2D eigenvalue weighted by Gasteiger charge is -2.62. The maximum atomic E-state index is 14.0. The molecule has 0 aliphatic heterocycles. The van der Waals surface area contributed by atoms with Gasteiger partial charge in [0.15, 0.2) is 0 Å². The van der Waals surface area contributed by atoms with Crippen LogP contribution in [-0.2, 0) is 14.3 Å². The number of aliphatic hydroxyl groups excluding tert-OH is 1. The number of hydrogen-bond donors (Lipinski definition) is 1. The van der Waals surface area contributed by atoms with Gasteiger partial charge in [-0.15, -0.1) is 0 Å². The van der Waals surface area contributed by atoms with Crippen molar-refractivity contribution in [3.63, 3.8) is 0 Å². The molecule has 6 unspecified atom stereocenters. The highest BCUT2D eigenvalue weighted by atomic mass is 16.5. The van der Waals surface area contributed by atoms with Crippen LogP contribution in [0.25, 0.3) is 0 Å². The molecule has 4 saturated carbocycles. The minimum absolute atomic E-state index is 0.109. The summed E-state index contributed by atoms with van der Waals surface area (Å²) >= 11 is 0. The Labute approximate surface area is 188 Å². The summed E-state index contributed by atoms with van der Waals surface area (Å²) in [6, 6.07) is 0. The normalized spacial score (nSPS) is 47.8. The second kappa shape index (κ2) is 8.47. The van der Waals surface area contributed by atoms with Gasteiger partial charge >= 0.3 is 5.97 Å². The predicted molar refractivity (Wildman–Crippen MR) is 121 cm³/mol. The van der Waals surface area contributed by atoms with E-state index >= 15 is 0 Å². The molecular formula is C27H44O4. The van der Waals surface area contributed by atoms with E-state index in [2.05, 4.69) is 27.7 Å². The van der Waals surface area contributed by atoms with E-state index in [0.717, 1.165) is 44.9 Å². The molecule has 0 bridgehead atoms. The van der Waals surface area contributed by atoms with Crippen LogP contribution in [0.4, 0.5) is 0 Å². The molecule has 31 heavy (non-hydrogen) atoms. The van der Waals surface area contributed by atoms with Crippen molar-refractivity contribution in [3.05, 3.63) is 0 Å². The summed E-state index contributed by atoms with van der Waals surface area (Å²) in [4.78, 5) is 25.7. The Bertz CT molecular complexity index is 703. The van der Waals surface area contributed by atoms with Gasteiger partial charge in [0.25, 0.3) is 0 Å². The van der Waals surface area contributed by atoms with E-state index in [4.69, 9.17) is 4.74 Å². The smallest absolute Gasteiger partial charge is 0.305 e. The van der Waals surface area contributed by atoms with Crippen LogP contribution in [-0.4, -0.2) is 30.1 Å². The number of fused-ring (bicyclic) bond motifs is 5. The maximum absolute atomic E-state index is 14.0.